The fraction of sp³-hybridized carbons (Fsp3) is 0.268. The van der Waals surface area contributed by atoms with Crippen LogP contribution in [0.3, 0.4) is 0 Å². The van der Waals surface area contributed by atoms with Crippen molar-refractivity contribution in [3.05, 3.63) is 125 Å². The lowest BCUT2D eigenvalue weighted by atomic mass is 9.88. The van der Waals surface area contributed by atoms with E-state index in [1.807, 2.05) is 60.7 Å². The molecular weight excluding hydrogens is 680 g/mol. The fourth-order valence-electron chi connectivity index (χ4n) is 6.20. The Bertz CT molecular complexity index is 1950. The van der Waals surface area contributed by atoms with Crippen LogP contribution in [0.5, 0.6) is 23.0 Å². The fourth-order valence-corrected chi connectivity index (χ4v) is 6.20. The van der Waals surface area contributed by atoms with E-state index >= 15 is 0 Å². The van der Waals surface area contributed by atoms with Gasteiger partial charge >= 0.3 is 11.9 Å². The Balaban J connectivity index is 1.49. The Morgan fingerprint density at radius 2 is 1.25 bits per heavy atom. The molecule has 0 saturated carbocycles. The van der Waals surface area contributed by atoms with Gasteiger partial charge in [0.15, 0.2) is 23.0 Å². The summed E-state index contributed by atoms with van der Waals surface area (Å²) in [4.78, 5) is 53.0. The quantitative estimate of drug-likeness (QED) is 0.130. The highest BCUT2D eigenvalue weighted by molar-refractivity contribution is 5.95. The average molecular weight is 723 g/mol. The third-order valence-corrected chi connectivity index (χ3v) is 8.82. The number of hydrogen-bond donors (Lipinski definition) is 2. The normalized spacial score (nSPS) is 15.6. The van der Waals surface area contributed by atoms with Crippen LogP contribution in [-0.4, -0.2) is 71.4 Å². The minimum absolute atomic E-state index is 0.193. The molecule has 0 spiro atoms. The molecule has 0 saturated heterocycles. The Morgan fingerprint density at radius 1 is 0.679 bits per heavy atom. The van der Waals surface area contributed by atoms with Gasteiger partial charge in [-0.15, -0.1) is 0 Å². The molecule has 4 aromatic carbocycles. The molecule has 12 heteroatoms. The number of carbonyl (C=O) groups is 4. The van der Waals surface area contributed by atoms with E-state index in [1.54, 1.807) is 36.4 Å². The molecule has 2 amide bonds. The Labute approximate surface area is 308 Å². The van der Waals surface area contributed by atoms with E-state index in [0.29, 0.717) is 39.7 Å². The molecule has 0 bridgehead atoms. The largest absolute Gasteiger partial charge is 0.493 e. The number of hydrogen-bond acceptors (Lipinski definition) is 10. The molecule has 53 heavy (non-hydrogen) atoms. The predicted molar refractivity (Wildman–Crippen MR) is 196 cm³/mol. The van der Waals surface area contributed by atoms with Crippen LogP contribution < -0.4 is 29.6 Å². The van der Waals surface area contributed by atoms with E-state index in [9.17, 15) is 19.2 Å². The number of ether oxygens (including phenoxy) is 6. The van der Waals surface area contributed by atoms with Gasteiger partial charge in [-0.1, -0.05) is 66.7 Å². The SMILES string of the molecule is COC(=O)C(Cc1ccccc1)NC(=O)/C=C/c1cc(OC)c2c(c1)C(C(=O)NC(Cc1ccccc1)C(=O)OC)C(c1ccc(OC)c(OC)c1)O2. The molecule has 4 atom stereocenters. The van der Waals surface area contributed by atoms with Crippen molar-refractivity contribution in [2.45, 2.75) is 36.9 Å². The number of carbonyl (C=O) groups excluding carboxylic acids is 4. The first-order valence-corrected chi connectivity index (χ1v) is 16.8. The molecule has 276 valence electrons. The van der Waals surface area contributed by atoms with Gasteiger partial charge in [0.25, 0.3) is 0 Å². The summed E-state index contributed by atoms with van der Waals surface area (Å²) in [6.45, 7) is 0. The van der Waals surface area contributed by atoms with Crippen LogP contribution in [0.15, 0.2) is 97.1 Å². The molecule has 1 aliphatic rings. The summed E-state index contributed by atoms with van der Waals surface area (Å²) in [5.41, 5.74) is 3.25. The summed E-state index contributed by atoms with van der Waals surface area (Å²) in [6, 6.07) is 25.2. The van der Waals surface area contributed by atoms with Crippen molar-refractivity contribution in [3.63, 3.8) is 0 Å². The van der Waals surface area contributed by atoms with E-state index in [1.165, 1.54) is 41.6 Å². The van der Waals surface area contributed by atoms with Gasteiger partial charge in [0, 0.05) is 24.5 Å². The summed E-state index contributed by atoms with van der Waals surface area (Å²) in [5.74, 6) is -1.67. The lowest BCUT2D eigenvalue weighted by Gasteiger charge is -2.23. The number of benzene rings is 4. The van der Waals surface area contributed by atoms with Crippen LogP contribution in [0.2, 0.25) is 0 Å². The zero-order valence-corrected chi connectivity index (χ0v) is 30.1. The first kappa shape index (κ1) is 37.9. The highest BCUT2D eigenvalue weighted by Gasteiger charge is 2.44. The smallest absolute Gasteiger partial charge is 0.328 e. The second-order valence-corrected chi connectivity index (χ2v) is 12.2. The minimum Gasteiger partial charge on any atom is -0.493 e. The molecule has 12 nitrogen and oxygen atoms in total. The van der Waals surface area contributed by atoms with Crippen LogP contribution in [0.25, 0.3) is 6.08 Å². The minimum atomic E-state index is -1.00. The third-order valence-electron chi connectivity index (χ3n) is 8.82. The first-order valence-electron chi connectivity index (χ1n) is 16.8. The van der Waals surface area contributed by atoms with Crippen molar-refractivity contribution in [3.8, 4) is 23.0 Å². The molecule has 0 fully saturated rings. The molecule has 0 aromatic heterocycles. The lowest BCUT2D eigenvalue weighted by Crippen LogP contribution is -2.45. The molecule has 0 aliphatic carbocycles. The molecule has 1 aliphatic heterocycles. The second-order valence-electron chi connectivity index (χ2n) is 12.2. The maximum Gasteiger partial charge on any atom is 0.328 e. The monoisotopic (exact) mass is 722 g/mol. The third kappa shape index (κ3) is 9.14. The van der Waals surface area contributed by atoms with Gasteiger partial charge in [0.2, 0.25) is 11.8 Å². The van der Waals surface area contributed by atoms with Crippen molar-refractivity contribution in [2.24, 2.45) is 0 Å². The Hall–Kier alpha value is -6.30. The number of rotatable bonds is 15. The van der Waals surface area contributed by atoms with Gasteiger partial charge in [-0.3, -0.25) is 9.59 Å². The molecule has 4 unspecified atom stereocenters. The number of fused-ring (bicyclic) bond motifs is 1. The van der Waals surface area contributed by atoms with Crippen LogP contribution in [-0.2, 0) is 41.5 Å². The Morgan fingerprint density at radius 3 is 1.79 bits per heavy atom. The highest BCUT2D eigenvalue weighted by Crippen LogP contribution is 2.52. The number of methoxy groups -OCH3 is 5. The zero-order chi connectivity index (χ0) is 37.9. The van der Waals surface area contributed by atoms with E-state index in [2.05, 4.69) is 10.6 Å². The maximum atomic E-state index is 14.4. The van der Waals surface area contributed by atoms with Gasteiger partial charge in [0.1, 0.15) is 24.1 Å². The zero-order valence-electron chi connectivity index (χ0n) is 30.1. The van der Waals surface area contributed by atoms with Crippen molar-refractivity contribution >= 4 is 29.8 Å². The molecule has 1 heterocycles. The number of amides is 2. The first-order chi connectivity index (χ1) is 25.7. The van der Waals surface area contributed by atoms with Crippen LogP contribution in [0.1, 0.15) is 39.8 Å². The van der Waals surface area contributed by atoms with Crippen molar-refractivity contribution in [2.75, 3.05) is 35.5 Å². The van der Waals surface area contributed by atoms with Gasteiger partial charge in [-0.25, -0.2) is 9.59 Å². The van der Waals surface area contributed by atoms with Crippen LogP contribution >= 0.6 is 0 Å². The van der Waals surface area contributed by atoms with Crippen LogP contribution in [0, 0.1) is 0 Å². The Kier molecular flexibility index (Phi) is 12.7. The summed E-state index contributed by atoms with van der Waals surface area (Å²) in [7, 11) is 7.03. The predicted octanol–water partition coefficient (Wildman–Crippen LogP) is 4.74. The summed E-state index contributed by atoms with van der Waals surface area (Å²) in [6.07, 6.45) is 2.38. The molecular formula is C41H42N2O10. The summed E-state index contributed by atoms with van der Waals surface area (Å²) >= 11 is 0. The van der Waals surface area contributed by atoms with Gasteiger partial charge in [0.05, 0.1) is 35.5 Å². The summed E-state index contributed by atoms with van der Waals surface area (Å²) < 4.78 is 33.2. The van der Waals surface area contributed by atoms with Crippen LogP contribution in [0.4, 0.5) is 0 Å². The van der Waals surface area contributed by atoms with Crippen molar-refractivity contribution in [1.29, 1.82) is 0 Å². The van der Waals surface area contributed by atoms with Crippen molar-refractivity contribution < 1.29 is 47.6 Å². The van der Waals surface area contributed by atoms with Gasteiger partial charge in [-0.05, 0) is 52.6 Å². The molecule has 4 aromatic rings. The number of esters is 2. The number of nitrogens with one attached hydrogen (secondary N) is 2. The van der Waals surface area contributed by atoms with Gasteiger partial charge < -0.3 is 39.1 Å². The standard InChI is InChI=1S/C41H42N2O10/c1-48-32-18-17-28(24-33(32)49-2)37-36(39(45)43-31(41(47)52-5)22-26-14-10-7-11-15-26)29-20-27(23-34(50-3)38(29)53-37)16-19-35(44)42-30(40(46)51-4)21-25-12-8-6-9-13-25/h6-20,23-24,30-31,36-37H,21-22H2,1-5H3,(H,42,44)(H,43,45)/b19-16+. The van der Waals surface area contributed by atoms with Crippen molar-refractivity contribution in [1.82, 2.24) is 10.6 Å². The second kappa shape index (κ2) is 17.8. The van der Waals surface area contributed by atoms with E-state index in [0.717, 1.165) is 11.1 Å². The lowest BCUT2D eigenvalue weighted by molar-refractivity contribution is -0.145. The van der Waals surface area contributed by atoms with Gasteiger partial charge in [-0.2, -0.15) is 0 Å². The van der Waals surface area contributed by atoms with E-state index in [-0.39, 0.29) is 12.8 Å². The highest BCUT2D eigenvalue weighted by atomic mass is 16.5. The topological polar surface area (TPSA) is 148 Å². The summed E-state index contributed by atoms with van der Waals surface area (Å²) in [5, 5.41) is 5.61. The maximum absolute atomic E-state index is 14.4. The molecule has 2 N–H and O–H groups in total. The van der Waals surface area contributed by atoms with E-state index in [4.69, 9.17) is 28.4 Å². The van der Waals surface area contributed by atoms with E-state index < -0.39 is 47.9 Å². The molecule has 5 rings (SSSR count). The average Bonchev–Trinajstić information content (AvgIpc) is 3.58. The molecule has 0 radical (unpaired) electrons.